The van der Waals surface area contributed by atoms with E-state index in [0.717, 1.165) is 5.56 Å². The first-order chi connectivity index (χ1) is 10.8. The Balaban J connectivity index is 2.24. The van der Waals surface area contributed by atoms with Crippen LogP contribution in [0.15, 0.2) is 60.0 Å². The number of anilines is 1. The van der Waals surface area contributed by atoms with Gasteiger partial charge in [-0.15, -0.1) is 0 Å². The van der Waals surface area contributed by atoms with Crippen molar-refractivity contribution in [3.8, 4) is 28.5 Å². The van der Waals surface area contributed by atoms with Crippen molar-refractivity contribution in [2.45, 2.75) is 0 Å². The van der Waals surface area contributed by atoms with Gasteiger partial charge in [0.05, 0.1) is 11.8 Å². The maximum atomic E-state index is 5.80. The van der Waals surface area contributed by atoms with E-state index in [1.165, 1.54) is 0 Å². The molecule has 0 amide bonds. The molecule has 0 spiro atoms. The van der Waals surface area contributed by atoms with E-state index < -0.39 is 0 Å². The molecule has 0 bridgehead atoms. The second-order valence-corrected chi connectivity index (χ2v) is 4.42. The molecular formula is C16H14N4O2. The SMILES string of the molecule is C=CCOc1nc(N)nc(-c2ccco2)c1-c1ccncc1. The zero-order valence-corrected chi connectivity index (χ0v) is 11.8. The molecular weight excluding hydrogens is 280 g/mol. The lowest BCUT2D eigenvalue weighted by Gasteiger charge is -2.13. The van der Waals surface area contributed by atoms with Crippen molar-refractivity contribution in [1.29, 1.82) is 0 Å². The smallest absolute Gasteiger partial charge is 0.227 e. The van der Waals surface area contributed by atoms with E-state index in [9.17, 15) is 0 Å². The summed E-state index contributed by atoms with van der Waals surface area (Å²) in [5, 5.41) is 0. The summed E-state index contributed by atoms with van der Waals surface area (Å²) in [6.45, 7) is 3.96. The molecule has 110 valence electrons. The molecule has 22 heavy (non-hydrogen) atoms. The number of furan rings is 1. The number of aromatic nitrogens is 3. The quantitative estimate of drug-likeness (QED) is 0.728. The average Bonchev–Trinajstić information content (AvgIpc) is 3.07. The largest absolute Gasteiger partial charge is 0.473 e. The van der Waals surface area contributed by atoms with Gasteiger partial charge in [-0.05, 0) is 29.8 Å². The number of ether oxygens (including phenoxy) is 1. The normalized spacial score (nSPS) is 10.4. The van der Waals surface area contributed by atoms with Crippen LogP contribution >= 0.6 is 0 Å². The van der Waals surface area contributed by atoms with E-state index in [-0.39, 0.29) is 5.95 Å². The molecule has 0 unspecified atom stereocenters. The summed E-state index contributed by atoms with van der Waals surface area (Å²) in [6.07, 6.45) is 6.60. The minimum Gasteiger partial charge on any atom is -0.473 e. The Morgan fingerprint density at radius 1 is 1.23 bits per heavy atom. The third-order valence-electron chi connectivity index (χ3n) is 2.95. The fourth-order valence-corrected chi connectivity index (χ4v) is 2.07. The number of hydrogen-bond acceptors (Lipinski definition) is 6. The first-order valence-electron chi connectivity index (χ1n) is 6.65. The number of hydrogen-bond donors (Lipinski definition) is 1. The predicted octanol–water partition coefficient (Wildman–Crippen LogP) is 2.95. The summed E-state index contributed by atoms with van der Waals surface area (Å²) >= 11 is 0. The minimum absolute atomic E-state index is 0.114. The molecule has 0 radical (unpaired) electrons. The summed E-state index contributed by atoms with van der Waals surface area (Å²) in [5.74, 6) is 1.08. The van der Waals surface area contributed by atoms with Crippen LogP contribution in [0.2, 0.25) is 0 Å². The Labute approximate surface area is 127 Å². The molecule has 0 fully saturated rings. The van der Waals surface area contributed by atoms with Crippen LogP contribution in [0.5, 0.6) is 5.88 Å². The van der Waals surface area contributed by atoms with Crippen LogP contribution in [0, 0.1) is 0 Å². The Kier molecular flexibility index (Phi) is 3.82. The summed E-state index contributed by atoms with van der Waals surface area (Å²) in [4.78, 5) is 12.5. The maximum Gasteiger partial charge on any atom is 0.227 e. The number of nitrogens with two attached hydrogens (primary N) is 1. The van der Waals surface area contributed by atoms with Crippen molar-refractivity contribution in [3.05, 3.63) is 55.6 Å². The Bertz CT molecular complexity index is 770. The molecule has 3 aromatic heterocycles. The van der Waals surface area contributed by atoms with Crippen LogP contribution < -0.4 is 10.5 Å². The van der Waals surface area contributed by atoms with Crippen LogP contribution in [-0.2, 0) is 0 Å². The number of nitrogens with zero attached hydrogens (tertiary/aromatic N) is 3. The fraction of sp³-hybridized carbons (Fsp3) is 0.0625. The van der Waals surface area contributed by atoms with E-state index >= 15 is 0 Å². The minimum atomic E-state index is 0.114. The zero-order chi connectivity index (χ0) is 15.4. The number of rotatable bonds is 5. The van der Waals surface area contributed by atoms with E-state index in [0.29, 0.717) is 29.5 Å². The highest BCUT2D eigenvalue weighted by Crippen LogP contribution is 2.37. The maximum absolute atomic E-state index is 5.80. The second kappa shape index (κ2) is 6.09. The first kappa shape index (κ1) is 13.8. The third-order valence-corrected chi connectivity index (χ3v) is 2.95. The molecule has 0 saturated heterocycles. The highest BCUT2D eigenvalue weighted by molar-refractivity contribution is 5.82. The van der Waals surface area contributed by atoms with Gasteiger partial charge in [-0.2, -0.15) is 4.98 Å². The Morgan fingerprint density at radius 2 is 2.05 bits per heavy atom. The second-order valence-electron chi connectivity index (χ2n) is 4.42. The molecule has 0 atom stereocenters. The van der Waals surface area contributed by atoms with Gasteiger partial charge in [0.15, 0.2) is 5.76 Å². The fourth-order valence-electron chi connectivity index (χ4n) is 2.07. The predicted molar refractivity (Wildman–Crippen MR) is 83.1 cm³/mol. The molecule has 3 heterocycles. The van der Waals surface area contributed by atoms with E-state index in [1.54, 1.807) is 30.8 Å². The van der Waals surface area contributed by atoms with Crippen LogP contribution in [0.4, 0.5) is 5.95 Å². The van der Waals surface area contributed by atoms with Crippen LogP contribution in [0.25, 0.3) is 22.6 Å². The summed E-state index contributed by atoms with van der Waals surface area (Å²) in [7, 11) is 0. The van der Waals surface area contributed by atoms with Crippen molar-refractivity contribution >= 4 is 5.95 Å². The van der Waals surface area contributed by atoms with Gasteiger partial charge in [-0.1, -0.05) is 12.7 Å². The van der Waals surface area contributed by atoms with Crippen LogP contribution in [-0.4, -0.2) is 21.6 Å². The Hall–Kier alpha value is -3.15. The molecule has 0 aliphatic rings. The van der Waals surface area contributed by atoms with Crippen LogP contribution in [0.3, 0.4) is 0 Å². The van der Waals surface area contributed by atoms with Gasteiger partial charge in [0.1, 0.15) is 12.3 Å². The van der Waals surface area contributed by atoms with Crippen LogP contribution in [0.1, 0.15) is 0 Å². The van der Waals surface area contributed by atoms with Crippen molar-refractivity contribution < 1.29 is 9.15 Å². The molecule has 0 aliphatic heterocycles. The van der Waals surface area contributed by atoms with Crippen molar-refractivity contribution in [3.63, 3.8) is 0 Å². The summed E-state index contributed by atoms with van der Waals surface area (Å²) < 4.78 is 11.1. The molecule has 3 rings (SSSR count). The van der Waals surface area contributed by atoms with Gasteiger partial charge in [-0.25, -0.2) is 4.98 Å². The molecule has 0 saturated carbocycles. The third kappa shape index (κ3) is 2.67. The highest BCUT2D eigenvalue weighted by atomic mass is 16.5. The molecule has 3 aromatic rings. The molecule has 0 aliphatic carbocycles. The van der Waals surface area contributed by atoms with Crippen molar-refractivity contribution in [2.24, 2.45) is 0 Å². The van der Waals surface area contributed by atoms with E-state index in [1.807, 2.05) is 18.2 Å². The van der Waals surface area contributed by atoms with Gasteiger partial charge >= 0.3 is 0 Å². The average molecular weight is 294 g/mol. The summed E-state index contributed by atoms with van der Waals surface area (Å²) in [5.41, 5.74) is 7.94. The highest BCUT2D eigenvalue weighted by Gasteiger charge is 2.19. The molecule has 6 nitrogen and oxygen atoms in total. The van der Waals surface area contributed by atoms with Gasteiger partial charge in [0.25, 0.3) is 0 Å². The number of pyridine rings is 1. The van der Waals surface area contributed by atoms with Gasteiger partial charge in [0.2, 0.25) is 11.8 Å². The van der Waals surface area contributed by atoms with Crippen molar-refractivity contribution in [1.82, 2.24) is 15.0 Å². The first-order valence-corrected chi connectivity index (χ1v) is 6.65. The molecule has 0 aromatic carbocycles. The number of nitrogen functional groups attached to an aromatic ring is 1. The Morgan fingerprint density at radius 3 is 2.73 bits per heavy atom. The van der Waals surface area contributed by atoms with Crippen molar-refractivity contribution in [2.75, 3.05) is 12.3 Å². The lowest BCUT2D eigenvalue weighted by atomic mass is 10.0. The van der Waals surface area contributed by atoms with E-state index in [2.05, 4.69) is 21.5 Å². The van der Waals surface area contributed by atoms with Gasteiger partial charge in [-0.3, -0.25) is 4.98 Å². The molecule has 6 heteroatoms. The van der Waals surface area contributed by atoms with Gasteiger partial charge < -0.3 is 14.9 Å². The standard InChI is InChI=1S/C16H14N4O2/c1-2-9-22-15-13(11-5-7-18-8-6-11)14(19-16(17)20-15)12-4-3-10-21-12/h2-8,10H,1,9H2,(H2,17,19,20). The van der Waals surface area contributed by atoms with Gasteiger partial charge in [0, 0.05) is 12.4 Å². The monoisotopic (exact) mass is 294 g/mol. The topological polar surface area (TPSA) is 87.1 Å². The lowest BCUT2D eigenvalue weighted by Crippen LogP contribution is -2.05. The van der Waals surface area contributed by atoms with E-state index in [4.69, 9.17) is 14.9 Å². The summed E-state index contributed by atoms with van der Waals surface area (Å²) in [6, 6.07) is 7.29. The lowest BCUT2D eigenvalue weighted by molar-refractivity contribution is 0.350. The molecule has 2 N–H and O–H groups in total. The zero-order valence-electron chi connectivity index (χ0n) is 11.8.